The molecule has 0 aliphatic heterocycles. The largest absolute Gasteiger partial charge is 0.0956 e. The van der Waals surface area contributed by atoms with Gasteiger partial charge in [-0.25, -0.2) is 0 Å². The first-order chi connectivity index (χ1) is 3.06. The van der Waals surface area contributed by atoms with Crippen molar-refractivity contribution in [2.24, 2.45) is 0 Å². The molecule has 0 aromatic rings. The van der Waals surface area contributed by atoms with Crippen molar-refractivity contribution in [1.82, 2.24) is 0 Å². The Hall–Kier alpha value is 0.700. The van der Waals surface area contributed by atoms with E-state index in [4.69, 9.17) is 0 Å². The third-order valence-electron chi connectivity index (χ3n) is 0.459. The monoisotopic (exact) mass is 226 g/mol. The van der Waals surface area contributed by atoms with Crippen molar-refractivity contribution in [3.8, 4) is 0 Å². The number of hydrogen-bond donors (Lipinski definition) is 0. The van der Waals surface area contributed by atoms with Crippen molar-refractivity contribution in [1.29, 1.82) is 0 Å². The van der Waals surface area contributed by atoms with Crippen LogP contribution in [0.5, 0.6) is 0 Å². The number of alkyl halides is 2. The minimum Gasteiger partial charge on any atom is -0.0894 e. The van der Waals surface area contributed by atoms with Gasteiger partial charge in [0, 0.05) is 0 Å². The number of allylic oxidation sites excluding steroid dienone is 2. The smallest absolute Gasteiger partial charge is 0.0894 e. The molecule has 7 heavy (non-hydrogen) atoms. The molecule has 0 unspecified atom stereocenters. The molecule has 0 radical (unpaired) electrons. The van der Waals surface area contributed by atoms with Crippen LogP contribution in [-0.2, 0) is 0 Å². The van der Waals surface area contributed by atoms with E-state index in [0.29, 0.717) is 0 Å². The second-order valence-corrected chi connectivity index (χ2v) is 5.82. The summed E-state index contributed by atoms with van der Waals surface area (Å²) in [7, 11) is 0. The van der Waals surface area contributed by atoms with Gasteiger partial charge in [0.25, 0.3) is 0 Å². The minimum absolute atomic E-state index is 0.00521. The van der Waals surface area contributed by atoms with Crippen LogP contribution < -0.4 is 0 Å². The predicted molar refractivity (Wildman–Crippen MR) is 41.1 cm³/mol. The molecule has 0 N–H and O–H groups in total. The lowest BCUT2D eigenvalue weighted by molar-refractivity contribution is 1.20. The predicted octanol–water partition coefficient (Wildman–Crippen LogP) is 3.07. The van der Waals surface area contributed by atoms with Gasteiger partial charge in [-0.05, 0) is 13.8 Å². The highest BCUT2D eigenvalue weighted by Gasteiger charge is 2.06. The summed E-state index contributed by atoms with van der Waals surface area (Å²) in [5.74, 6) is 0. The lowest BCUT2D eigenvalue weighted by Crippen LogP contribution is -1.95. The molecule has 0 aliphatic rings. The highest BCUT2D eigenvalue weighted by atomic mass is 79.9. The van der Waals surface area contributed by atoms with Crippen LogP contribution in [0.2, 0.25) is 0 Å². The molecular formula is C5H8Br2. The maximum atomic E-state index is 3.37. The summed E-state index contributed by atoms with van der Waals surface area (Å²) in [6.07, 6.45) is 4.01. The van der Waals surface area contributed by atoms with Crippen LogP contribution in [0, 0.1) is 0 Å². The highest BCUT2D eigenvalue weighted by Crippen LogP contribution is 2.25. The van der Waals surface area contributed by atoms with E-state index >= 15 is 0 Å². The summed E-state index contributed by atoms with van der Waals surface area (Å²) >= 11 is 6.74. The number of rotatable bonds is 1. The summed E-state index contributed by atoms with van der Waals surface area (Å²) in [4.78, 5) is 0. The van der Waals surface area contributed by atoms with Gasteiger partial charge in [-0.1, -0.05) is 44.0 Å². The Morgan fingerprint density at radius 3 is 1.86 bits per heavy atom. The van der Waals surface area contributed by atoms with E-state index in [9.17, 15) is 0 Å². The first kappa shape index (κ1) is 7.70. The molecule has 0 heterocycles. The molecule has 0 bridgehead atoms. The average molecular weight is 228 g/mol. The molecule has 0 rings (SSSR count). The van der Waals surface area contributed by atoms with Crippen molar-refractivity contribution >= 4 is 31.9 Å². The van der Waals surface area contributed by atoms with Crippen LogP contribution in [0.25, 0.3) is 0 Å². The molecule has 0 saturated carbocycles. The van der Waals surface area contributed by atoms with Gasteiger partial charge in [0.2, 0.25) is 0 Å². The van der Waals surface area contributed by atoms with E-state index in [1.54, 1.807) is 0 Å². The Morgan fingerprint density at radius 2 is 1.86 bits per heavy atom. The zero-order valence-electron chi connectivity index (χ0n) is 4.41. The maximum Gasteiger partial charge on any atom is 0.0956 e. The Labute approximate surface area is 61.2 Å². The van der Waals surface area contributed by atoms with Gasteiger partial charge in [-0.15, -0.1) is 0 Å². The Bertz CT molecular complexity index is 68.6. The first-order valence-corrected chi connectivity index (χ1v) is 3.66. The zero-order valence-corrected chi connectivity index (χ0v) is 7.58. The van der Waals surface area contributed by atoms with Crippen LogP contribution in [0.4, 0.5) is 0 Å². The maximum absolute atomic E-state index is 3.37. The van der Waals surface area contributed by atoms with Crippen LogP contribution >= 0.6 is 31.9 Å². The van der Waals surface area contributed by atoms with Crippen molar-refractivity contribution in [3.63, 3.8) is 0 Å². The summed E-state index contributed by atoms with van der Waals surface area (Å²) in [5.41, 5.74) is 0. The molecule has 0 nitrogen and oxygen atoms in total. The Balaban J connectivity index is 3.56. The van der Waals surface area contributed by atoms with Crippen molar-refractivity contribution in [3.05, 3.63) is 12.2 Å². The third-order valence-corrected chi connectivity index (χ3v) is 0.988. The summed E-state index contributed by atoms with van der Waals surface area (Å²) < 4.78 is -0.00521. The molecule has 0 atom stereocenters. The topological polar surface area (TPSA) is 0 Å². The van der Waals surface area contributed by atoms with E-state index < -0.39 is 0 Å². The fourth-order valence-corrected chi connectivity index (χ4v) is 0.821. The van der Waals surface area contributed by atoms with Gasteiger partial charge < -0.3 is 0 Å². The van der Waals surface area contributed by atoms with Crippen LogP contribution in [-0.4, -0.2) is 3.23 Å². The van der Waals surface area contributed by atoms with Gasteiger partial charge in [0.1, 0.15) is 0 Å². The third kappa shape index (κ3) is 6.70. The van der Waals surface area contributed by atoms with Gasteiger partial charge >= 0.3 is 0 Å². The quantitative estimate of drug-likeness (QED) is 0.477. The van der Waals surface area contributed by atoms with Crippen molar-refractivity contribution in [2.45, 2.75) is 17.1 Å². The SMILES string of the molecule is CC=CC(C)(Br)Br. The van der Waals surface area contributed by atoms with E-state index in [2.05, 4.69) is 31.9 Å². The summed E-state index contributed by atoms with van der Waals surface area (Å²) in [6.45, 7) is 4.01. The molecule has 2 heteroatoms. The molecule has 0 saturated heterocycles. The second-order valence-electron chi connectivity index (χ2n) is 1.46. The zero-order chi connectivity index (χ0) is 5.91. The van der Waals surface area contributed by atoms with Gasteiger partial charge in [-0.3, -0.25) is 0 Å². The number of hydrogen-bond acceptors (Lipinski definition) is 0. The molecule has 0 aromatic heterocycles. The lowest BCUT2D eigenvalue weighted by atomic mass is 10.4. The van der Waals surface area contributed by atoms with E-state index in [1.807, 2.05) is 26.0 Å². The molecule has 0 amide bonds. The van der Waals surface area contributed by atoms with E-state index in [1.165, 1.54) is 0 Å². The number of halogens is 2. The second kappa shape index (κ2) is 2.88. The van der Waals surface area contributed by atoms with Gasteiger partial charge in [0.15, 0.2) is 0 Å². The first-order valence-electron chi connectivity index (χ1n) is 2.08. The fraction of sp³-hybridized carbons (Fsp3) is 0.600. The molecule has 0 aliphatic carbocycles. The Kier molecular flexibility index (Phi) is 3.16. The summed E-state index contributed by atoms with van der Waals surface area (Å²) in [5, 5.41) is 0. The average Bonchev–Trinajstić information content (AvgIpc) is 1.30. The molecule has 0 fully saturated rings. The summed E-state index contributed by atoms with van der Waals surface area (Å²) in [6, 6.07) is 0. The molecule has 0 aromatic carbocycles. The fourth-order valence-electron chi connectivity index (χ4n) is 0.293. The van der Waals surface area contributed by atoms with Crippen LogP contribution in [0.15, 0.2) is 12.2 Å². The standard InChI is InChI=1S/C5H8Br2/c1-3-4-5(2,6)7/h3-4H,1-2H3. The van der Waals surface area contributed by atoms with Gasteiger partial charge in [0.05, 0.1) is 3.23 Å². The van der Waals surface area contributed by atoms with Crippen molar-refractivity contribution in [2.75, 3.05) is 0 Å². The minimum atomic E-state index is -0.00521. The van der Waals surface area contributed by atoms with E-state index in [-0.39, 0.29) is 3.23 Å². The van der Waals surface area contributed by atoms with Crippen LogP contribution in [0.3, 0.4) is 0 Å². The Morgan fingerprint density at radius 1 is 1.43 bits per heavy atom. The highest BCUT2D eigenvalue weighted by molar-refractivity contribution is 9.25. The molecular weight excluding hydrogens is 220 g/mol. The normalized spacial score (nSPS) is 13.1. The van der Waals surface area contributed by atoms with Crippen LogP contribution in [0.1, 0.15) is 13.8 Å². The van der Waals surface area contributed by atoms with Crippen molar-refractivity contribution < 1.29 is 0 Å². The lowest BCUT2D eigenvalue weighted by Gasteiger charge is -2.03. The molecule has 42 valence electrons. The van der Waals surface area contributed by atoms with Gasteiger partial charge in [-0.2, -0.15) is 0 Å². The molecule has 0 spiro atoms. The van der Waals surface area contributed by atoms with E-state index in [0.717, 1.165) is 0 Å².